The molecule has 1 aromatic heterocycles. The second kappa shape index (κ2) is 4.02. The molecule has 2 heterocycles. The minimum absolute atomic E-state index is 0.924. The van der Waals surface area contributed by atoms with E-state index in [0.717, 1.165) is 17.8 Å². The predicted octanol–water partition coefficient (Wildman–Crippen LogP) is 3.06. The number of nitrogens with zero attached hydrogens (tertiary/aromatic N) is 2. The third-order valence-corrected chi connectivity index (χ3v) is 3.62. The van der Waals surface area contributed by atoms with Crippen LogP contribution < -0.4 is 4.57 Å². The monoisotopic (exact) mass is 245 g/mol. The Hall–Kier alpha value is -2.48. The highest BCUT2D eigenvalue weighted by Crippen LogP contribution is 2.28. The molecule has 90 valence electrons. The first-order valence-corrected chi connectivity index (χ1v) is 6.45. The lowest BCUT2D eigenvalue weighted by Crippen LogP contribution is -2.32. The van der Waals surface area contributed by atoms with Crippen LogP contribution in [0.2, 0.25) is 0 Å². The van der Waals surface area contributed by atoms with Crippen molar-refractivity contribution >= 4 is 0 Å². The zero-order valence-corrected chi connectivity index (χ0v) is 10.5. The largest absolute Gasteiger partial charge is 0.287 e. The van der Waals surface area contributed by atoms with E-state index in [1.807, 2.05) is 24.5 Å². The van der Waals surface area contributed by atoms with E-state index in [-0.39, 0.29) is 0 Å². The first kappa shape index (κ1) is 10.4. The Morgan fingerprint density at radius 3 is 2.58 bits per heavy atom. The fourth-order valence-electron chi connectivity index (χ4n) is 2.66. The Balaban J connectivity index is 1.89. The molecule has 4 rings (SSSR count). The Morgan fingerprint density at radius 2 is 1.68 bits per heavy atom. The molecule has 0 radical (unpaired) electrons. The summed E-state index contributed by atoms with van der Waals surface area (Å²) in [5.41, 5.74) is 6.14. The maximum Gasteiger partial charge on any atom is 0.287 e. The number of benzene rings is 2. The van der Waals surface area contributed by atoms with Gasteiger partial charge in [-0.2, -0.15) is 0 Å². The number of hydrogen-bond acceptors (Lipinski definition) is 1. The fourth-order valence-corrected chi connectivity index (χ4v) is 2.66. The van der Waals surface area contributed by atoms with Crippen LogP contribution in [0, 0.1) is 0 Å². The third-order valence-electron chi connectivity index (χ3n) is 3.62. The van der Waals surface area contributed by atoms with Crippen molar-refractivity contribution < 1.29 is 4.57 Å². The van der Waals surface area contributed by atoms with E-state index in [1.54, 1.807) is 0 Å². The van der Waals surface area contributed by atoms with E-state index in [2.05, 4.69) is 52.0 Å². The van der Waals surface area contributed by atoms with Crippen LogP contribution in [0.1, 0.15) is 5.56 Å². The molecular formula is C17H13N2+. The van der Waals surface area contributed by atoms with Gasteiger partial charge in [0.15, 0.2) is 5.69 Å². The quantitative estimate of drug-likeness (QED) is 0.471. The van der Waals surface area contributed by atoms with Gasteiger partial charge in [0.1, 0.15) is 12.2 Å². The molecule has 0 spiro atoms. The summed E-state index contributed by atoms with van der Waals surface area (Å²) in [6, 6.07) is 21.1. The zero-order valence-electron chi connectivity index (χ0n) is 10.5. The molecule has 0 unspecified atom stereocenters. The topological polar surface area (TPSA) is 16.8 Å². The molecule has 0 N–H and O–H groups in total. The molecular weight excluding hydrogens is 232 g/mol. The molecule has 2 heteroatoms. The molecule has 0 saturated heterocycles. The summed E-state index contributed by atoms with van der Waals surface area (Å²) in [5.74, 6) is 0. The normalized spacial score (nSPS) is 12.0. The Kier molecular flexibility index (Phi) is 2.21. The highest BCUT2D eigenvalue weighted by Gasteiger charge is 2.23. The molecule has 2 nitrogen and oxygen atoms in total. The minimum atomic E-state index is 0.924. The molecule has 0 saturated carbocycles. The van der Waals surface area contributed by atoms with Gasteiger partial charge in [-0.1, -0.05) is 54.6 Å². The van der Waals surface area contributed by atoms with Crippen molar-refractivity contribution in [1.82, 2.24) is 4.98 Å². The highest BCUT2D eigenvalue weighted by molar-refractivity contribution is 5.68. The summed E-state index contributed by atoms with van der Waals surface area (Å²) >= 11 is 0. The van der Waals surface area contributed by atoms with Crippen molar-refractivity contribution in [3.8, 4) is 22.5 Å². The molecule has 0 atom stereocenters. The molecule has 1 aliphatic rings. The standard InChI is InChI=1S/C17H13N2/c1-2-6-13(7-3-1)16-10-17-15-9-5-4-8-14(15)11-19(17)12-18-16/h1-10,12H,11H2/q+1. The van der Waals surface area contributed by atoms with E-state index in [0.29, 0.717) is 0 Å². The minimum Gasteiger partial charge on any atom is -0.226 e. The van der Waals surface area contributed by atoms with E-state index in [1.165, 1.54) is 16.8 Å². The van der Waals surface area contributed by atoms with Gasteiger partial charge in [-0.15, -0.1) is 0 Å². The maximum atomic E-state index is 4.57. The number of aromatic nitrogens is 2. The summed E-state index contributed by atoms with van der Waals surface area (Å²) in [4.78, 5) is 4.57. The van der Waals surface area contributed by atoms with Gasteiger partial charge in [0.2, 0.25) is 0 Å². The van der Waals surface area contributed by atoms with Gasteiger partial charge in [0, 0.05) is 22.8 Å². The molecule has 3 aromatic rings. The van der Waals surface area contributed by atoms with Gasteiger partial charge in [-0.3, -0.25) is 0 Å². The van der Waals surface area contributed by atoms with Crippen molar-refractivity contribution in [2.24, 2.45) is 0 Å². The van der Waals surface area contributed by atoms with Crippen molar-refractivity contribution in [1.29, 1.82) is 0 Å². The molecule has 0 amide bonds. The van der Waals surface area contributed by atoms with Crippen LogP contribution in [0.25, 0.3) is 22.5 Å². The number of rotatable bonds is 1. The first-order chi connectivity index (χ1) is 9.42. The van der Waals surface area contributed by atoms with Gasteiger partial charge in [0.05, 0.1) is 0 Å². The molecule has 0 aliphatic carbocycles. The van der Waals surface area contributed by atoms with E-state index < -0.39 is 0 Å². The van der Waals surface area contributed by atoms with Crippen LogP contribution in [-0.2, 0) is 6.54 Å². The Labute approximate surface area is 112 Å². The SMILES string of the molecule is c1ccc(-c2cc3[n+](cn2)Cc2ccccc2-3)cc1. The predicted molar refractivity (Wildman–Crippen MR) is 74.4 cm³/mol. The summed E-state index contributed by atoms with van der Waals surface area (Å²) in [6.07, 6.45) is 1.94. The van der Waals surface area contributed by atoms with Crippen LogP contribution in [0.3, 0.4) is 0 Å². The fraction of sp³-hybridized carbons (Fsp3) is 0.0588. The molecule has 0 bridgehead atoms. The summed E-state index contributed by atoms with van der Waals surface area (Å²) in [7, 11) is 0. The summed E-state index contributed by atoms with van der Waals surface area (Å²) in [5, 5.41) is 0. The maximum absolute atomic E-state index is 4.57. The van der Waals surface area contributed by atoms with Crippen LogP contribution in [0.5, 0.6) is 0 Å². The van der Waals surface area contributed by atoms with Crippen LogP contribution >= 0.6 is 0 Å². The lowest BCUT2D eigenvalue weighted by Gasteiger charge is -1.99. The van der Waals surface area contributed by atoms with E-state index >= 15 is 0 Å². The second-order valence-electron chi connectivity index (χ2n) is 4.81. The molecule has 19 heavy (non-hydrogen) atoms. The van der Waals surface area contributed by atoms with Gasteiger partial charge in [0.25, 0.3) is 6.33 Å². The van der Waals surface area contributed by atoms with Crippen molar-refractivity contribution in [3.05, 3.63) is 72.6 Å². The highest BCUT2D eigenvalue weighted by atomic mass is 15.0. The number of hydrogen-bond donors (Lipinski definition) is 0. The van der Waals surface area contributed by atoms with E-state index in [9.17, 15) is 0 Å². The average Bonchev–Trinajstić information content (AvgIpc) is 2.86. The third kappa shape index (κ3) is 1.65. The van der Waals surface area contributed by atoms with Crippen molar-refractivity contribution in [2.45, 2.75) is 6.54 Å². The van der Waals surface area contributed by atoms with Crippen molar-refractivity contribution in [2.75, 3.05) is 0 Å². The summed E-state index contributed by atoms with van der Waals surface area (Å²) in [6.45, 7) is 0.924. The lowest BCUT2D eigenvalue weighted by molar-refractivity contribution is -0.675. The van der Waals surface area contributed by atoms with Gasteiger partial charge in [-0.25, -0.2) is 4.57 Å². The number of fused-ring (bicyclic) bond motifs is 3. The van der Waals surface area contributed by atoms with Crippen LogP contribution in [0.15, 0.2) is 67.0 Å². The van der Waals surface area contributed by atoms with Gasteiger partial charge in [-0.05, 0) is 4.98 Å². The molecule has 1 aliphatic heterocycles. The second-order valence-corrected chi connectivity index (χ2v) is 4.81. The van der Waals surface area contributed by atoms with Crippen LogP contribution in [0.4, 0.5) is 0 Å². The van der Waals surface area contributed by atoms with Gasteiger partial charge >= 0.3 is 0 Å². The molecule has 2 aromatic carbocycles. The lowest BCUT2D eigenvalue weighted by atomic mass is 10.1. The smallest absolute Gasteiger partial charge is 0.226 e. The Morgan fingerprint density at radius 1 is 0.895 bits per heavy atom. The van der Waals surface area contributed by atoms with E-state index in [4.69, 9.17) is 0 Å². The van der Waals surface area contributed by atoms with Crippen molar-refractivity contribution in [3.63, 3.8) is 0 Å². The molecule has 0 fully saturated rings. The summed E-state index contributed by atoms with van der Waals surface area (Å²) < 4.78 is 2.21. The average molecular weight is 245 g/mol. The zero-order chi connectivity index (χ0) is 12.7. The van der Waals surface area contributed by atoms with Gasteiger partial charge < -0.3 is 0 Å². The van der Waals surface area contributed by atoms with Crippen LogP contribution in [-0.4, -0.2) is 4.98 Å². The first-order valence-electron chi connectivity index (χ1n) is 6.45. The Bertz CT molecular complexity index is 748.